The molecule has 0 aromatic heterocycles. The molecule has 0 aromatic rings. The highest BCUT2D eigenvalue weighted by atomic mass is 16.2. The zero-order valence-electron chi connectivity index (χ0n) is 9.88. The maximum Gasteiger partial charge on any atom is 0.253 e. The number of amides is 1. The summed E-state index contributed by atoms with van der Waals surface area (Å²) in [5.74, 6) is 0.125. The third-order valence-corrected chi connectivity index (χ3v) is 2.86. The van der Waals surface area contributed by atoms with E-state index in [1.165, 1.54) is 19.3 Å². The van der Waals surface area contributed by atoms with Gasteiger partial charge in [-0.15, -0.1) is 0 Å². The zero-order valence-corrected chi connectivity index (χ0v) is 9.88. The Bertz CT molecular complexity index is 278. The molecular weight excluding hydrogens is 186 g/mol. The molecule has 0 aromatic carbocycles. The van der Waals surface area contributed by atoms with Gasteiger partial charge in [0.2, 0.25) is 0 Å². The standard InChI is InChI=1S/C13H21NO/c1-4-6-7-8-9-14-12(5-2)10-11(3)13(14)15/h5H,3-4,6-10H2,1-2H3/b12-5+. The van der Waals surface area contributed by atoms with Crippen LogP contribution in [0.2, 0.25) is 0 Å². The van der Waals surface area contributed by atoms with Crippen LogP contribution in [0.25, 0.3) is 0 Å². The summed E-state index contributed by atoms with van der Waals surface area (Å²) >= 11 is 0. The monoisotopic (exact) mass is 207 g/mol. The second-order valence-electron chi connectivity index (χ2n) is 4.08. The predicted octanol–water partition coefficient (Wildman–Crippen LogP) is 3.26. The highest BCUT2D eigenvalue weighted by Crippen LogP contribution is 2.26. The van der Waals surface area contributed by atoms with Gasteiger partial charge in [0.15, 0.2) is 0 Å². The average Bonchev–Trinajstić information content (AvgIpc) is 2.51. The van der Waals surface area contributed by atoms with Crippen LogP contribution in [-0.2, 0) is 4.79 Å². The van der Waals surface area contributed by atoms with Crippen LogP contribution >= 0.6 is 0 Å². The van der Waals surface area contributed by atoms with E-state index < -0.39 is 0 Å². The first-order valence-corrected chi connectivity index (χ1v) is 5.85. The van der Waals surface area contributed by atoms with Gasteiger partial charge >= 0.3 is 0 Å². The first-order valence-electron chi connectivity index (χ1n) is 5.85. The Labute approximate surface area is 92.7 Å². The highest BCUT2D eigenvalue weighted by molar-refractivity contribution is 5.97. The summed E-state index contributed by atoms with van der Waals surface area (Å²) in [6.07, 6.45) is 7.57. The number of hydrogen-bond acceptors (Lipinski definition) is 1. The summed E-state index contributed by atoms with van der Waals surface area (Å²) in [5.41, 5.74) is 1.86. The molecule has 84 valence electrons. The molecule has 1 heterocycles. The first-order chi connectivity index (χ1) is 7.20. The molecule has 0 spiro atoms. The largest absolute Gasteiger partial charge is 0.312 e. The van der Waals surface area contributed by atoms with Crippen molar-refractivity contribution in [3.8, 4) is 0 Å². The third-order valence-electron chi connectivity index (χ3n) is 2.86. The van der Waals surface area contributed by atoms with Gasteiger partial charge in [-0.3, -0.25) is 4.79 Å². The Morgan fingerprint density at radius 1 is 1.40 bits per heavy atom. The van der Waals surface area contributed by atoms with Crippen LogP contribution in [0.5, 0.6) is 0 Å². The molecule has 0 unspecified atom stereocenters. The molecule has 2 heteroatoms. The summed E-state index contributed by atoms with van der Waals surface area (Å²) in [6.45, 7) is 8.84. The molecule has 1 fully saturated rings. The Morgan fingerprint density at radius 3 is 2.73 bits per heavy atom. The van der Waals surface area contributed by atoms with Gasteiger partial charge in [-0.1, -0.05) is 38.8 Å². The van der Waals surface area contributed by atoms with E-state index in [1.807, 2.05) is 17.9 Å². The number of unbranched alkanes of at least 4 members (excludes halogenated alkanes) is 3. The number of allylic oxidation sites excluding steroid dienone is 2. The molecule has 0 saturated carbocycles. The van der Waals surface area contributed by atoms with Crippen molar-refractivity contribution < 1.29 is 4.79 Å². The first kappa shape index (κ1) is 12.0. The molecule has 1 amide bonds. The molecular formula is C13H21NO. The van der Waals surface area contributed by atoms with E-state index >= 15 is 0 Å². The Balaban J connectivity index is 2.45. The fourth-order valence-electron chi connectivity index (χ4n) is 1.91. The highest BCUT2D eigenvalue weighted by Gasteiger charge is 2.27. The molecule has 0 bridgehead atoms. The fourth-order valence-corrected chi connectivity index (χ4v) is 1.91. The van der Waals surface area contributed by atoms with Crippen molar-refractivity contribution in [2.75, 3.05) is 6.54 Å². The average molecular weight is 207 g/mol. The van der Waals surface area contributed by atoms with E-state index in [9.17, 15) is 4.79 Å². The summed E-state index contributed by atoms with van der Waals surface area (Å²) in [6, 6.07) is 0. The smallest absolute Gasteiger partial charge is 0.253 e. The van der Waals surface area contributed by atoms with Crippen LogP contribution in [0.1, 0.15) is 46.0 Å². The lowest BCUT2D eigenvalue weighted by molar-refractivity contribution is -0.123. The summed E-state index contributed by atoms with van der Waals surface area (Å²) < 4.78 is 0. The molecule has 2 nitrogen and oxygen atoms in total. The lowest BCUT2D eigenvalue weighted by Gasteiger charge is -2.17. The predicted molar refractivity (Wildman–Crippen MR) is 63.4 cm³/mol. The van der Waals surface area contributed by atoms with Crippen LogP contribution in [0.4, 0.5) is 0 Å². The van der Waals surface area contributed by atoms with Gasteiger partial charge in [-0.25, -0.2) is 0 Å². The lowest BCUT2D eigenvalue weighted by Crippen LogP contribution is -2.24. The van der Waals surface area contributed by atoms with Crippen molar-refractivity contribution >= 4 is 5.91 Å². The molecule has 0 atom stereocenters. The van der Waals surface area contributed by atoms with Crippen molar-refractivity contribution in [1.82, 2.24) is 4.90 Å². The van der Waals surface area contributed by atoms with Crippen molar-refractivity contribution in [3.05, 3.63) is 23.9 Å². The second kappa shape index (κ2) is 5.74. The minimum atomic E-state index is 0.125. The van der Waals surface area contributed by atoms with Crippen molar-refractivity contribution in [2.45, 2.75) is 46.0 Å². The second-order valence-corrected chi connectivity index (χ2v) is 4.08. The van der Waals surface area contributed by atoms with E-state index in [2.05, 4.69) is 13.5 Å². The maximum atomic E-state index is 11.7. The van der Waals surface area contributed by atoms with E-state index in [1.54, 1.807) is 0 Å². The van der Waals surface area contributed by atoms with E-state index in [4.69, 9.17) is 0 Å². The lowest BCUT2D eigenvalue weighted by atomic mass is 10.2. The van der Waals surface area contributed by atoms with E-state index in [-0.39, 0.29) is 5.91 Å². The number of nitrogens with zero attached hydrogens (tertiary/aromatic N) is 1. The maximum absolute atomic E-state index is 11.7. The molecule has 1 aliphatic heterocycles. The van der Waals surface area contributed by atoms with Crippen LogP contribution in [0.3, 0.4) is 0 Å². The zero-order chi connectivity index (χ0) is 11.3. The summed E-state index contributed by atoms with van der Waals surface area (Å²) in [5, 5.41) is 0. The molecule has 1 saturated heterocycles. The Hall–Kier alpha value is -1.05. The van der Waals surface area contributed by atoms with Gasteiger partial charge in [-0.05, 0) is 13.3 Å². The number of hydrogen-bond donors (Lipinski definition) is 0. The minimum absolute atomic E-state index is 0.125. The molecule has 0 N–H and O–H groups in total. The molecule has 0 aliphatic carbocycles. The number of likely N-dealkylation sites (tertiary alicyclic amines) is 1. The van der Waals surface area contributed by atoms with Gasteiger partial charge < -0.3 is 4.90 Å². The third kappa shape index (κ3) is 2.95. The van der Waals surface area contributed by atoms with Gasteiger partial charge in [0, 0.05) is 24.2 Å². The van der Waals surface area contributed by atoms with Gasteiger partial charge in [0.05, 0.1) is 0 Å². The van der Waals surface area contributed by atoms with Crippen LogP contribution in [0, 0.1) is 0 Å². The number of carbonyl (C=O) groups is 1. The van der Waals surface area contributed by atoms with E-state index in [0.717, 1.165) is 30.7 Å². The minimum Gasteiger partial charge on any atom is -0.312 e. The molecule has 0 radical (unpaired) electrons. The Morgan fingerprint density at radius 2 is 2.13 bits per heavy atom. The SMILES string of the molecule is C=C1C/C(=C\C)N(CCCCCC)C1=O. The summed E-state index contributed by atoms with van der Waals surface area (Å²) in [4.78, 5) is 13.6. The van der Waals surface area contributed by atoms with Crippen molar-refractivity contribution in [2.24, 2.45) is 0 Å². The topological polar surface area (TPSA) is 20.3 Å². The van der Waals surface area contributed by atoms with Gasteiger partial charge in [0.1, 0.15) is 0 Å². The molecule has 1 rings (SSSR count). The molecule has 1 aliphatic rings. The van der Waals surface area contributed by atoms with Gasteiger partial charge in [0.25, 0.3) is 5.91 Å². The number of carbonyl (C=O) groups excluding carboxylic acids is 1. The Kier molecular flexibility index (Phi) is 4.60. The van der Waals surface area contributed by atoms with Crippen molar-refractivity contribution in [1.29, 1.82) is 0 Å². The summed E-state index contributed by atoms with van der Waals surface area (Å²) in [7, 11) is 0. The van der Waals surface area contributed by atoms with Crippen LogP contribution in [-0.4, -0.2) is 17.4 Å². The number of rotatable bonds is 5. The normalized spacial score (nSPS) is 19.3. The fraction of sp³-hybridized carbons (Fsp3) is 0.615. The van der Waals surface area contributed by atoms with Crippen LogP contribution < -0.4 is 0 Å². The van der Waals surface area contributed by atoms with E-state index in [0.29, 0.717) is 0 Å². The quantitative estimate of drug-likeness (QED) is 0.500. The van der Waals surface area contributed by atoms with Gasteiger partial charge in [-0.2, -0.15) is 0 Å². The molecule has 15 heavy (non-hydrogen) atoms. The van der Waals surface area contributed by atoms with Crippen LogP contribution in [0.15, 0.2) is 23.9 Å². The van der Waals surface area contributed by atoms with Crippen molar-refractivity contribution in [3.63, 3.8) is 0 Å².